The zero-order valence-electron chi connectivity index (χ0n) is 23.9. The van der Waals surface area contributed by atoms with E-state index >= 15 is 0 Å². The topological polar surface area (TPSA) is 52.1 Å². The predicted octanol–water partition coefficient (Wildman–Crippen LogP) is 6.87. The highest BCUT2D eigenvalue weighted by atomic mass is 16.3. The van der Waals surface area contributed by atoms with Gasteiger partial charge in [0, 0.05) is 52.6 Å². The van der Waals surface area contributed by atoms with Crippen molar-refractivity contribution in [2.24, 2.45) is 0 Å². The van der Waals surface area contributed by atoms with E-state index in [4.69, 9.17) is 21.2 Å². The van der Waals surface area contributed by atoms with Crippen LogP contribution in [-0.4, -0.2) is 9.97 Å². The maximum Gasteiger partial charge on any atom is 0.148 e. The molecule has 4 heteroatoms. The third-order valence-electron chi connectivity index (χ3n) is 5.17. The highest BCUT2D eigenvalue weighted by Gasteiger charge is 2.18. The summed E-state index contributed by atoms with van der Waals surface area (Å²) in [5, 5.41) is 2.35. The SMILES string of the molecule is [2H]C([2H])([2H])c1cnc(-c2cnc(C([2H])([2H])[2H])c3c2oc2cc4oc5ccccc5c4cc23)cc1C([2H])([2H])[2H]. The highest BCUT2D eigenvalue weighted by molar-refractivity contribution is 6.17. The van der Waals surface area contributed by atoms with Crippen LogP contribution in [-0.2, 0) is 0 Å². The summed E-state index contributed by atoms with van der Waals surface area (Å²) in [5.74, 6) is 0. The molecular weight excluding hydrogens is 360 g/mol. The first kappa shape index (κ1) is 9.70. The number of pyridine rings is 2. The number of benzene rings is 2. The van der Waals surface area contributed by atoms with Crippen molar-refractivity contribution in [3.05, 3.63) is 71.7 Å². The second-order valence-electron chi connectivity index (χ2n) is 6.88. The van der Waals surface area contributed by atoms with Crippen LogP contribution in [0.4, 0.5) is 0 Å². The van der Waals surface area contributed by atoms with Gasteiger partial charge < -0.3 is 8.83 Å². The van der Waals surface area contributed by atoms with Crippen LogP contribution in [0, 0.1) is 20.6 Å². The van der Waals surface area contributed by atoms with E-state index in [1.54, 1.807) is 12.1 Å². The molecular formula is C25H18N2O2. The number of nitrogens with zero attached hydrogens (tertiary/aromatic N) is 2. The number of hydrogen-bond donors (Lipinski definition) is 0. The first-order chi connectivity index (χ1) is 17.7. The standard InChI is InChI=1S/C25H18N2O2/c1-13-8-20(27-11-14(13)2)19-12-26-15(3)24-18-9-17-16-6-4-5-7-21(16)28-22(17)10-23(18)29-25(19)24/h4-12H,1-3H3/i1D3,2D3,3D3. The van der Waals surface area contributed by atoms with Crippen LogP contribution < -0.4 is 0 Å². The molecule has 0 atom stereocenters. The Morgan fingerprint density at radius 2 is 1.66 bits per heavy atom. The lowest BCUT2D eigenvalue weighted by Gasteiger charge is -2.06. The van der Waals surface area contributed by atoms with E-state index in [9.17, 15) is 0 Å². The first-order valence-corrected chi connectivity index (χ1v) is 8.92. The Labute approximate surface area is 179 Å². The number of aryl methyl sites for hydroxylation is 3. The molecule has 4 aromatic heterocycles. The van der Waals surface area contributed by atoms with Gasteiger partial charge in [0.05, 0.1) is 16.6 Å². The van der Waals surface area contributed by atoms with Crippen molar-refractivity contribution in [1.82, 2.24) is 9.97 Å². The van der Waals surface area contributed by atoms with Crippen LogP contribution >= 0.6 is 0 Å². The van der Waals surface area contributed by atoms with Crippen LogP contribution in [0.5, 0.6) is 0 Å². The van der Waals surface area contributed by atoms with Crippen molar-refractivity contribution in [3.63, 3.8) is 0 Å². The van der Waals surface area contributed by atoms with Crippen molar-refractivity contribution in [1.29, 1.82) is 0 Å². The molecule has 0 aliphatic rings. The molecule has 0 spiro atoms. The fourth-order valence-electron chi connectivity index (χ4n) is 3.78. The minimum absolute atomic E-state index is 0.0897. The van der Waals surface area contributed by atoms with Gasteiger partial charge in [-0.05, 0) is 49.9 Å². The maximum absolute atomic E-state index is 8.08. The van der Waals surface area contributed by atoms with Crippen molar-refractivity contribution < 1.29 is 21.2 Å². The molecule has 0 radical (unpaired) electrons. The van der Waals surface area contributed by atoms with Gasteiger partial charge in [-0.2, -0.15) is 0 Å². The predicted molar refractivity (Wildman–Crippen MR) is 116 cm³/mol. The molecule has 0 aliphatic carbocycles. The smallest absolute Gasteiger partial charge is 0.148 e. The lowest BCUT2D eigenvalue weighted by atomic mass is 10.0. The van der Waals surface area contributed by atoms with Crippen LogP contribution in [0.25, 0.3) is 55.1 Å². The van der Waals surface area contributed by atoms with Gasteiger partial charge >= 0.3 is 0 Å². The number of rotatable bonds is 1. The number of furan rings is 2. The van der Waals surface area contributed by atoms with Gasteiger partial charge in [0.15, 0.2) is 0 Å². The summed E-state index contributed by atoms with van der Waals surface area (Å²) in [7, 11) is 0. The molecule has 29 heavy (non-hydrogen) atoms. The second-order valence-corrected chi connectivity index (χ2v) is 6.88. The van der Waals surface area contributed by atoms with Gasteiger partial charge in [0.1, 0.15) is 22.3 Å². The number of aromatic nitrogens is 2. The fraction of sp³-hybridized carbons (Fsp3) is 0.120. The molecule has 2 aromatic carbocycles. The zero-order chi connectivity index (χ0) is 27.2. The molecule has 0 saturated carbocycles. The Kier molecular flexibility index (Phi) is 1.90. The second kappa shape index (κ2) is 5.67. The molecule has 4 nitrogen and oxygen atoms in total. The highest BCUT2D eigenvalue weighted by Crippen LogP contribution is 2.40. The maximum atomic E-state index is 8.08. The lowest BCUT2D eigenvalue weighted by molar-refractivity contribution is 0.656. The minimum Gasteiger partial charge on any atom is -0.456 e. The largest absolute Gasteiger partial charge is 0.456 e. The van der Waals surface area contributed by atoms with Crippen LogP contribution in [0.15, 0.2) is 63.7 Å². The van der Waals surface area contributed by atoms with Gasteiger partial charge in [-0.1, -0.05) is 18.2 Å². The van der Waals surface area contributed by atoms with Gasteiger partial charge in [-0.25, -0.2) is 0 Å². The molecule has 0 unspecified atom stereocenters. The number of fused-ring (bicyclic) bond motifs is 6. The molecule has 6 aromatic rings. The molecule has 0 amide bonds. The average Bonchev–Trinajstić information content (AvgIpc) is 3.37. The third kappa shape index (κ3) is 2.26. The Morgan fingerprint density at radius 1 is 0.759 bits per heavy atom. The summed E-state index contributed by atoms with van der Waals surface area (Å²) >= 11 is 0. The summed E-state index contributed by atoms with van der Waals surface area (Å²) < 4.78 is 83.2. The minimum atomic E-state index is -2.73. The summed E-state index contributed by atoms with van der Waals surface area (Å²) in [6.45, 7) is -8.00. The van der Waals surface area contributed by atoms with Gasteiger partial charge in [0.2, 0.25) is 0 Å². The molecule has 4 heterocycles. The van der Waals surface area contributed by atoms with Crippen molar-refractivity contribution >= 4 is 43.9 Å². The zero-order valence-corrected chi connectivity index (χ0v) is 14.9. The van der Waals surface area contributed by atoms with E-state index in [1.165, 1.54) is 12.3 Å². The van der Waals surface area contributed by atoms with E-state index in [0.29, 0.717) is 22.1 Å². The number of hydrogen-bond acceptors (Lipinski definition) is 4. The number of para-hydroxylation sites is 1. The van der Waals surface area contributed by atoms with Crippen molar-refractivity contribution in [2.45, 2.75) is 20.6 Å². The Bertz CT molecular complexity index is 1890. The van der Waals surface area contributed by atoms with E-state index in [-0.39, 0.29) is 39.0 Å². The van der Waals surface area contributed by atoms with Gasteiger partial charge in [-0.15, -0.1) is 0 Å². The quantitative estimate of drug-likeness (QED) is 0.309. The third-order valence-corrected chi connectivity index (χ3v) is 5.17. The van der Waals surface area contributed by atoms with E-state index < -0.39 is 20.6 Å². The van der Waals surface area contributed by atoms with Crippen molar-refractivity contribution in [3.8, 4) is 11.3 Å². The Hall–Kier alpha value is -3.66. The first-order valence-electron chi connectivity index (χ1n) is 13.4. The summed E-state index contributed by atoms with van der Waals surface area (Å²) in [4.78, 5) is 8.45. The van der Waals surface area contributed by atoms with E-state index in [0.717, 1.165) is 17.0 Å². The van der Waals surface area contributed by atoms with Crippen LogP contribution in [0.3, 0.4) is 0 Å². The molecule has 140 valence electrons. The lowest BCUT2D eigenvalue weighted by Crippen LogP contribution is -1.91. The molecule has 0 bridgehead atoms. The van der Waals surface area contributed by atoms with Crippen molar-refractivity contribution in [2.75, 3.05) is 0 Å². The van der Waals surface area contributed by atoms with Crippen LogP contribution in [0.2, 0.25) is 0 Å². The van der Waals surface area contributed by atoms with Crippen LogP contribution in [0.1, 0.15) is 29.2 Å². The summed E-state index contributed by atoms with van der Waals surface area (Å²) in [6.07, 6.45) is 2.27. The monoisotopic (exact) mass is 387 g/mol. The molecule has 0 aliphatic heterocycles. The Morgan fingerprint density at radius 3 is 2.55 bits per heavy atom. The molecule has 0 fully saturated rings. The fourth-order valence-corrected chi connectivity index (χ4v) is 3.78. The molecule has 0 saturated heterocycles. The van der Waals surface area contributed by atoms with Gasteiger partial charge in [-0.3, -0.25) is 9.97 Å². The van der Waals surface area contributed by atoms with Gasteiger partial charge in [0.25, 0.3) is 0 Å². The summed E-state index contributed by atoms with van der Waals surface area (Å²) in [6, 6.07) is 12.1. The summed E-state index contributed by atoms with van der Waals surface area (Å²) in [5.41, 5.74) is 1.08. The molecule has 6 rings (SSSR count). The average molecular weight is 387 g/mol. The normalized spacial score (nSPS) is 17.9. The van der Waals surface area contributed by atoms with E-state index in [1.807, 2.05) is 24.3 Å². The molecule has 0 N–H and O–H groups in total. The Balaban J connectivity index is 1.70. The van der Waals surface area contributed by atoms with E-state index in [2.05, 4.69) is 9.97 Å².